The molecule has 0 radical (unpaired) electrons. The van der Waals surface area contributed by atoms with Crippen LogP contribution in [-0.2, 0) is 0 Å². The molecule has 0 atom stereocenters. The van der Waals surface area contributed by atoms with Crippen molar-refractivity contribution in [2.24, 2.45) is 0 Å². The summed E-state index contributed by atoms with van der Waals surface area (Å²) in [6.45, 7) is 1.07. The first-order valence-electron chi connectivity index (χ1n) is 7.48. The fraction of sp³-hybridized carbons (Fsp3) is 0.167. The van der Waals surface area contributed by atoms with Crippen molar-refractivity contribution in [3.8, 4) is 45.4 Å². The van der Waals surface area contributed by atoms with E-state index in [1.807, 2.05) is 18.2 Å². The average Bonchev–Trinajstić information content (AvgIpc) is 3.10. The summed E-state index contributed by atoms with van der Waals surface area (Å²) < 4.78 is 21.6. The van der Waals surface area contributed by atoms with Gasteiger partial charge in [-0.05, 0) is 29.8 Å². The Kier molecular flexibility index (Phi) is 3.49. The molecule has 6 heteroatoms. The summed E-state index contributed by atoms with van der Waals surface area (Å²) in [5, 5.41) is 14.1. The number of nitrogens with zero attached hydrogens (tertiary/aromatic N) is 1. The van der Waals surface area contributed by atoms with Crippen molar-refractivity contribution < 1.29 is 23.8 Å². The molecule has 24 heavy (non-hydrogen) atoms. The van der Waals surface area contributed by atoms with Crippen LogP contribution in [0.25, 0.3) is 22.5 Å². The van der Waals surface area contributed by atoms with Crippen LogP contribution >= 0.6 is 0 Å². The highest BCUT2D eigenvalue weighted by molar-refractivity contribution is 5.82. The van der Waals surface area contributed by atoms with E-state index in [1.165, 1.54) is 6.07 Å². The minimum atomic E-state index is 0.0601. The minimum Gasteiger partial charge on any atom is -0.507 e. The van der Waals surface area contributed by atoms with Gasteiger partial charge in [-0.15, -0.1) is 0 Å². The van der Waals surface area contributed by atoms with Crippen molar-refractivity contribution in [2.75, 3.05) is 20.3 Å². The van der Waals surface area contributed by atoms with Crippen LogP contribution in [0.3, 0.4) is 0 Å². The van der Waals surface area contributed by atoms with Gasteiger partial charge in [0.15, 0.2) is 17.3 Å². The van der Waals surface area contributed by atoms with Crippen LogP contribution in [0.1, 0.15) is 0 Å². The molecule has 0 saturated carbocycles. The number of hydrogen-bond acceptors (Lipinski definition) is 6. The zero-order valence-electron chi connectivity index (χ0n) is 13.0. The quantitative estimate of drug-likeness (QED) is 0.794. The molecule has 1 N–H and O–H groups in total. The molecule has 0 amide bonds. The standard InChI is InChI=1S/C18H15NO5/c1-21-12-3-4-13(15(20)9-12)18-14(10-19-24-18)11-2-5-16-17(8-11)23-7-6-22-16/h2-5,8-10,20H,6-7H2,1H3. The number of aromatic nitrogens is 1. The van der Waals surface area contributed by atoms with Gasteiger partial charge in [-0.25, -0.2) is 0 Å². The average molecular weight is 325 g/mol. The SMILES string of the molecule is COc1ccc(-c2oncc2-c2ccc3c(c2)OCCO3)c(O)c1. The van der Waals surface area contributed by atoms with E-state index in [0.717, 1.165) is 16.9 Å². The molecular formula is C18H15NO5. The molecule has 4 rings (SSSR count). The fourth-order valence-electron chi connectivity index (χ4n) is 2.68. The molecule has 1 aromatic heterocycles. The van der Waals surface area contributed by atoms with Gasteiger partial charge in [0.05, 0.1) is 18.9 Å². The Morgan fingerprint density at radius 1 is 1.00 bits per heavy atom. The lowest BCUT2D eigenvalue weighted by molar-refractivity contribution is 0.171. The molecule has 2 heterocycles. The van der Waals surface area contributed by atoms with Crippen LogP contribution in [0.5, 0.6) is 23.0 Å². The summed E-state index contributed by atoms with van der Waals surface area (Å²) in [6, 6.07) is 10.7. The van der Waals surface area contributed by atoms with Crippen molar-refractivity contribution in [3.05, 3.63) is 42.6 Å². The molecule has 0 spiro atoms. The maximum absolute atomic E-state index is 10.2. The predicted octanol–water partition coefficient (Wildman–Crippen LogP) is 3.49. The number of rotatable bonds is 3. The molecule has 122 valence electrons. The highest BCUT2D eigenvalue weighted by atomic mass is 16.6. The molecule has 1 aliphatic heterocycles. The van der Waals surface area contributed by atoms with E-state index in [1.54, 1.807) is 25.4 Å². The number of phenolic OH excluding ortho intramolecular Hbond substituents is 1. The van der Waals surface area contributed by atoms with Crippen molar-refractivity contribution in [3.63, 3.8) is 0 Å². The number of ether oxygens (including phenoxy) is 3. The molecule has 0 bridgehead atoms. The first kappa shape index (κ1) is 14.4. The third-order valence-corrected chi connectivity index (χ3v) is 3.87. The van der Waals surface area contributed by atoms with E-state index in [0.29, 0.717) is 36.0 Å². The zero-order valence-corrected chi connectivity index (χ0v) is 13.0. The second kappa shape index (κ2) is 5.81. The van der Waals surface area contributed by atoms with E-state index in [2.05, 4.69) is 5.16 Å². The summed E-state index contributed by atoms with van der Waals surface area (Å²) in [5.41, 5.74) is 2.16. The third kappa shape index (κ3) is 2.42. The largest absolute Gasteiger partial charge is 0.507 e. The molecule has 0 fully saturated rings. The molecule has 3 aromatic rings. The monoisotopic (exact) mass is 325 g/mol. The molecule has 1 aliphatic rings. The third-order valence-electron chi connectivity index (χ3n) is 3.87. The number of benzene rings is 2. The van der Waals surface area contributed by atoms with Crippen molar-refractivity contribution >= 4 is 0 Å². The van der Waals surface area contributed by atoms with Crippen LogP contribution in [-0.4, -0.2) is 30.6 Å². The van der Waals surface area contributed by atoms with Gasteiger partial charge >= 0.3 is 0 Å². The topological polar surface area (TPSA) is 74.0 Å². The predicted molar refractivity (Wildman–Crippen MR) is 86.6 cm³/mol. The van der Waals surface area contributed by atoms with Crippen LogP contribution in [0.4, 0.5) is 0 Å². The molecule has 0 saturated heterocycles. The summed E-state index contributed by atoms with van der Waals surface area (Å²) in [5.74, 6) is 2.51. The lowest BCUT2D eigenvalue weighted by Gasteiger charge is -2.18. The van der Waals surface area contributed by atoms with Gasteiger partial charge in [-0.2, -0.15) is 0 Å². The highest BCUT2D eigenvalue weighted by Crippen LogP contribution is 2.41. The number of methoxy groups -OCH3 is 1. The van der Waals surface area contributed by atoms with E-state index in [4.69, 9.17) is 18.7 Å². The van der Waals surface area contributed by atoms with E-state index in [9.17, 15) is 5.11 Å². The second-order valence-electron chi connectivity index (χ2n) is 5.31. The van der Waals surface area contributed by atoms with E-state index in [-0.39, 0.29) is 5.75 Å². The summed E-state index contributed by atoms with van der Waals surface area (Å²) in [6.07, 6.45) is 1.62. The van der Waals surface area contributed by atoms with Gasteiger partial charge in [0.1, 0.15) is 24.7 Å². The van der Waals surface area contributed by atoms with E-state index >= 15 is 0 Å². The molecule has 6 nitrogen and oxygen atoms in total. The van der Waals surface area contributed by atoms with Crippen LogP contribution in [0.15, 0.2) is 47.1 Å². The fourth-order valence-corrected chi connectivity index (χ4v) is 2.68. The molecular weight excluding hydrogens is 310 g/mol. The van der Waals surface area contributed by atoms with Crippen LogP contribution < -0.4 is 14.2 Å². The Morgan fingerprint density at radius 3 is 2.62 bits per heavy atom. The number of hydrogen-bond donors (Lipinski definition) is 1. The normalized spacial score (nSPS) is 12.9. The van der Waals surface area contributed by atoms with Crippen LogP contribution in [0, 0.1) is 0 Å². The maximum Gasteiger partial charge on any atom is 0.178 e. The van der Waals surface area contributed by atoms with Gasteiger partial charge in [-0.3, -0.25) is 0 Å². The van der Waals surface area contributed by atoms with Crippen molar-refractivity contribution in [2.45, 2.75) is 0 Å². The molecule has 0 aliphatic carbocycles. The number of fused-ring (bicyclic) bond motifs is 1. The van der Waals surface area contributed by atoms with Crippen LogP contribution in [0.2, 0.25) is 0 Å². The van der Waals surface area contributed by atoms with Crippen molar-refractivity contribution in [1.29, 1.82) is 0 Å². The maximum atomic E-state index is 10.2. The molecule has 0 unspecified atom stereocenters. The van der Waals surface area contributed by atoms with Crippen molar-refractivity contribution in [1.82, 2.24) is 5.16 Å². The molecule has 2 aromatic carbocycles. The lowest BCUT2D eigenvalue weighted by atomic mass is 10.0. The Labute approximate surface area is 138 Å². The summed E-state index contributed by atoms with van der Waals surface area (Å²) >= 11 is 0. The number of phenols is 1. The van der Waals surface area contributed by atoms with Gasteiger partial charge < -0.3 is 23.8 Å². The summed E-state index contributed by atoms with van der Waals surface area (Å²) in [7, 11) is 1.55. The minimum absolute atomic E-state index is 0.0601. The van der Waals surface area contributed by atoms with Gasteiger partial charge in [0.2, 0.25) is 0 Å². The smallest absolute Gasteiger partial charge is 0.178 e. The lowest BCUT2D eigenvalue weighted by Crippen LogP contribution is -2.15. The number of aromatic hydroxyl groups is 1. The Balaban J connectivity index is 1.78. The Hall–Kier alpha value is -3.15. The van der Waals surface area contributed by atoms with Gasteiger partial charge in [0.25, 0.3) is 0 Å². The van der Waals surface area contributed by atoms with Gasteiger partial charge in [0, 0.05) is 11.6 Å². The zero-order chi connectivity index (χ0) is 16.5. The first-order valence-corrected chi connectivity index (χ1v) is 7.48. The Bertz CT molecular complexity index is 887. The summed E-state index contributed by atoms with van der Waals surface area (Å²) in [4.78, 5) is 0. The Morgan fingerprint density at radius 2 is 1.83 bits per heavy atom. The second-order valence-corrected chi connectivity index (χ2v) is 5.31. The highest BCUT2D eigenvalue weighted by Gasteiger charge is 2.19. The first-order chi connectivity index (χ1) is 11.8. The van der Waals surface area contributed by atoms with Gasteiger partial charge in [-0.1, -0.05) is 11.2 Å². The van der Waals surface area contributed by atoms with E-state index < -0.39 is 0 Å².